The highest BCUT2D eigenvalue weighted by atomic mass is 16.5. The number of aliphatic hydroxyl groups excluding tert-OH is 1. The fraction of sp³-hybridized carbons (Fsp3) is 0.444. The fourth-order valence-electron chi connectivity index (χ4n) is 2.94. The van der Waals surface area contributed by atoms with E-state index in [1.54, 1.807) is 31.3 Å². The van der Waals surface area contributed by atoms with Crippen LogP contribution in [0, 0.1) is 0 Å². The zero-order valence-corrected chi connectivity index (χ0v) is 15.0. The van der Waals surface area contributed by atoms with Gasteiger partial charge in [-0.2, -0.15) is 0 Å². The highest BCUT2D eigenvalue weighted by molar-refractivity contribution is 5.74. The Kier molecular flexibility index (Phi) is 5.75. The first kappa shape index (κ1) is 18.2. The maximum Gasteiger partial charge on any atom is 0.219 e. The van der Waals surface area contributed by atoms with Gasteiger partial charge in [0.15, 0.2) is 5.82 Å². The molecule has 1 atom stereocenters. The Balaban J connectivity index is 1.94. The van der Waals surface area contributed by atoms with Gasteiger partial charge in [0.1, 0.15) is 5.82 Å². The maximum atomic E-state index is 11.7. The zero-order valence-electron chi connectivity index (χ0n) is 15.0. The number of aliphatic hydroxyl groups is 1. The molecule has 3 heterocycles. The second-order valence-electron chi connectivity index (χ2n) is 6.24. The predicted molar refractivity (Wildman–Crippen MR) is 96.4 cm³/mol. The summed E-state index contributed by atoms with van der Waals surface area (Å²) in [5, 5.41) is 13.1. The molecule has 0 unspecified atom stereocenters. The Morgan fingerprint density at radius 3 is 3.00 bits per heavy atom. The molecule has 0 aromatic carbocycles. The molecule has 3 rings (SSSR count). The van der Waals surface area contributed by atoms with Crippen molar-refractivity contribution in [2.45, 2.75) is 26.0 Å². The minimum Gasteiger partial charge on any atom is -0.389 e. The summed E-state index contributed by atoms with van der Waals surface area (Å²) in [6, 6.07) is 3.72. The predicted octanol–water partition coefficient (Wildman–Crippen LogP) is 0.862. The molecule has 1 amide bonds. The molecule has 0 spiro atoms. The van der Waals surface area contributed by atoms with Crippen molar-refractivity contribution >= 4 is 11.7 Å². The van der Waals surface area contributed by atoms with Gasteiger partial charge in [-0.1, -0.05) is 0 Å². The molecule has 0 radical (unpaired) electrons. The van der Waals surface area contributed by atoms with Crippen LogP contribution in [0.2, 0.25) is 0 Å². The molecule has 0 saturated heterocycles. The van der Waals surface area contributed by atoms with Crippen molar-refractivity contribution in [3.8, 4) is 11.4 Å². The van der Waals surface area contributed by atoms with E-state index in [0.29, 0.717) is 37.7 Å². The van der Waals surface area contributed by atoms with Crippen LogP contribution < -0.4 is 5.32 Å². The number of pyridine rings is 1. The average Bonchev–Trinajstić information content (AvgIpc) is 2.66. The van der Waals surface area contributed by atoms with Gasteiger partial charge in [-0.3, -0.25) is 9.78 Å². The summed E-state index contributed by atoms with van der Waals surface area (Å²) in [5.41, 5.74) is 2.61. The van der Waals surface area contributed by atoms with E-state index in [1.165, 1.54) is 0 Å². The number of fused-ring (bicyclic) bond motifs is 1. The molecule has 0 bridgehead atoms. The molecule has 2 aromatic rings. The second kappa shape index (κ2) is 8.20. The summed E-state index contributed by atoms with van der Waals surface area (Å²) in [5.74, 6) is 1.26. The van der Waals surface area contributed by atoms with Gasteiger partial charge in [-0.15, -0.1) is 0 Å². The van der Waals surface area contributed by atoms with E-state index in [4.69, 9.17) is 4.74 Å². The summed E-state index contributed by atoms with van der Waals surface area (Å²) in [4.78, 5) is 26.9. The number of hydrogen-bond acceptors (Lipinski definition) is 7. The number of nitrogens with zero attached hydrogens (tertiary/aromatic N) is 4. The molecule has 0 fully saturated rings. The van der Waals surface area contributed by atoms with E-state index in [0.717, 1.165) is 16.8 Å². The number of hydrogen-bond donors (Lipinski definition) is 2. The van der Waals surface area contributed by atoms with Crippen molar-refractivity contribution in [3.05, 3.63) is 35.8 Å². The monoisotopic (exact) mass is 357 g/mol. The van der Waals surface area contributed by atoms with Gasteiger partial charge in [0.2, 0.25) is 5.91 Å². The molecule has 0 saturated carbocycles. The number of rotatable bonds is 6. The van der Waals surface area contributed by atoms with E-state index in [9.17, 15) is 9.90 Å². The van der Waals surface area contributed by atoms with Crippen molar-refractivity contribution < 1.29 is 14.6 Å². The number of aromatic nitrogens is 3. The van der Waals surface area contributed by atoms with Crippen molar-refractivity contribution in [1.82, 2.24) is 19.9 Å². The van der Waals surface area contributed by atoms with Crippen LogP contribution in [-0.2, 0) is 22.5 Å². The van der Waals surface area contributed by atoms with Gasteiger partial charge < -0.3 is 20.1 Å². The molecule has 8 nitrogen and oxygen atoms in total. The van der Waals surface area contributed by atoms with E-state index in [2.05, 4.69) is 20.3 Å². The lowest BCUT2D eigenvalue weighted by atomic mass is 10.0. The Morgan fingerprint density at radius 2 is 2.31 bits per heavy atom. The molecule has 2 aromatic heterocycles. The van der Waals surface area contributed by atoms with Crippen molar-refractivity contribution in [1.29, 1.82) is 0 Å². The molecule has 26 heavy (non-hydrogen) atoms. The first-order valence-electron chi connectivity index (χ1n) is 8.55. The Morgan fingerprint density at radius 1 is 1.46 bits per heavy atom. The SMILES string of the molecule is COC[C@H](O)CNc1nc(-c2cccnc2)nc2c1CCN(C(C)=O)C2. The van der Waals surface area contributed by atoms with Crippen LogP contribution in [0.15, 0.2) is 24.5 Å². The van der Waals surface area contributed by atoms with Gasteiger partial charge in [-0.25, -0.2) is 9.97 Å². The van der Waals surface area contributed by atoms with Crippen LogP contribution in [0.5, 0.6) is 0 Å². The zero-order chi connectivity index (χ0) is 18.5. The molecular formula is C18H23N5O3. The van der Waals surface area contributed by atoms with E-state index in [-0.39, 0.29) is 12.5 Å². The highest BCUT2D eigenvalue weighted by Gasteiger charge is 2.24. The van der Waals surface area contributed by atoms with E-state index < -0.39 is 6.10 Å². The third-order valence-corrected chi connectivity index (χ3v) is 4.29. The first-order valence-corrected chi connectivity index (χ1v) is 8.55. The minimum atomic E-state index is -0.634. The molecular weight excluding hydrogens is 334 g/mol. The lowest BCUT2D eigenvalue weighted by molar-refractivity contribution is -0.129. The van der Waals surface area contributed by atoms with Gasteiger partial charge in [-0.05, 0) is 18.6 Å². The molecule has 0 aliphatic carbocycles. The summed E-state index contributed by atoms with van der Waals surface area (Å²) in [7, 11) is 1.55. The Labute approximate surface area is 152 Å². The van der Waals surface area contributed by atoms with Crippen LogP contribution in [-0.4, -0.2) is 63.8 Å². The molecule has 2 N–H and O–H groups in total. The fourth-order valence-corrected chi connectivity index (χ4v) is 2.94. The van der Waals surface area contributed by atoms with Crippen LogP contribution in [0.3, 0.4) is 0 Å². The average molecular weight is 357 g/mol. The lowest BCUT2D eigenvalue weighted by Crippen LogP contribution is -2.36. The van der Waals surface area contributed by atoms with Crippen LogP contribution >= 0.6 is 0 Å². The van der Waals surface area contributed by atoms with Crippen LogP contribution in [0.25, 0.3) is 11.4 Å². The summed E-state index contributed by atoms with van der Waals surface area (Å²) < 4.78 is 4.96. The number of carbonyl (C=O) groups excluding carboxylic acids is 1. The van der Waals surface area contributed by atoms with E-state index >= 15 is 0 Å². The molecule has 1 aliphatic rings. The third-order valence-electron chi connectivity index (χ3n) is 4.29. The quantitative estimate of drug-likeness (QED) is 0.791. The van der Waals surface area contributed by atoms with Crippen molar-refractivity contribution in [2.24, 2.45) is 0 Å². The van der Waals surface area contributed by atoms with Gasteiger partial charge >= 0.3 is 0 Å². The smallest absolute Gasteiger partial charge is 0.219 e. The Hall–Kier alpha value is -2.58. The second-order valence-corrected chi connectivity index (χ2v) is 6.24. The van der Waals surface area contributed by atoms with Gasteiger partial charge in [0, 0.05) is 50.6 Å². The largest absolute Gasteiger partial charge is 0.389 e. The first-order chi connectivity index (χ1) is 12.6. The van der Waals surface area contributed by atoms with Gasteiger partial charge in [0.25, 0.3) is 0 Å². The Bertz CT molecular complexity index is 769. The molecule has 1 aliphatic heterocycles. The third kappa shape index (κ3) is 4.14. The topological polar surface area (TPSA) is 100 Å². The standard InChI is InChI=1S/C18H23N5O3/c1-12(24)23-7-5-15-16(10-23)21-17(13-4-3-6-19-8-13)22-18(15)20-9-14(25)11-26-2/h3-4,6,8,14,25H,5,7,9-11H2,1-2H3,(H,20,21,22)/t14-/m1/s1. The van der Waals surface area contributed by atoms with E-state index in [1.807, 2.05) is 12.1 Å². The molecule has 8 heteroatoms. The normalized spacial score (nSPS) is 14.7. The number of carbonyl (C=O) groups is 1. The minimum absolute atomic E-state index is 0.0298. The van der Waals surface area contributed by atoms with Crippen LogP contribution in [0.4, 0.5) is 5.82 Å². The van der Waals surface area contributed by atoms with Gasteiger partial charge in [0.05, 0.1) is 24.9 Å². The number of nitrogens with one attached hydrogen (secondary N) is 1. The summed E-state index contributed by atoms with van der Waals surface area (Å²) >= 11 is 0. The van der Waals surface area contributed by atoms with Crippen molar-refractivity contribution in [3.63, 3.8) is 0 Å². The lowest BCUT2D eigenvalue weighted by Gasteiger charge is -2.29. The number of amides is 1. The summed E-state index contributed by atoms with van der Waals surface area (Å²) in [6.07, 6.45) is 3.44. The number of ether oxygens (including phenoxy) is 1. The van der Waals surface area contributed by atoms with Crippen LogP contribution in [0.1, 0.15) is 18.2 Å². The number of anilines is 1. The van der Waals surface area contributed by atoms with Crippen molar-refractivity contribution in [2.75, 3.05) is 32.1 Å². The maximum absolute atomic E-state index is 11.7. The highest BCUT2D eigenvalue weighted by Crippen LogP contribution is 2.27. The molecule has 138 valence electrons. The number of methoxy groups -OCH3 is 1. The summed E-state index contributed by atoms with van der Waals surface area (Å²) in [6.45, 7) is 3.21.